The lowest BCUT2D eigenvalue weighted by Gasteiger charge is -2.11. The van der Waals surface area contributed by atoms with E-state index in [1.165, 1.54) is 11.1 Å². The number of hydrogen-bond acceptors (Lipinski definition) is 3. The van der Waals surface area contributed by atoms with Gasteiger partial charge in [-0.05, 0) is 38.1 Å². The van der Waals surface area contributed by atoms with E-state index in [9.17, 15) is 0 Å². The van der Waals surface area contributed by atoms with Crippen molar-refractivity contribution in [3.05, 3.63) is 83.7 Å². The standard InChI is InChI=1S/C22H26O3/c1-5-19(15-23-21-11-7-17(3)8-12-21)25-20(6-2)16-24-22-13-9-18(4)10-14-22/h7-16H,5-6H2,1-4H3. The van der Waals surface area contributed by atoms with Crippen molar-refractivity contribution in [2.45, 2.75) is 40.5 Å². The van der Waals surface area contributed by atoms with Crippen LogP contribution in [0.15, 0.2) is 72.6 Å². The topological polar surface area (TPSA) is 27.7 Å². The van der Waals surface area contributed by atoms with E-state index in [1.807, 2.05) is 76.2 Å². The van der Waals surface area contributed by atoms with Gasteiger partial charge in [-0.2, -0.15) is 0 Å². The highest BCUT2D eigenvalue weighted by Crippen LogP contribution is 2.18. The van der Waals surface area contributed by atoms with Gasteiger partial charge in [0.2, 0.25) is 0 Å². The summed E-state index contributed by atoms with van der Waals surface area (Å²) in [5, 5.41) is 0. The lowest BCUT2D eigenvalue weighted by Crippen LogP contribution is -1.97. The van der Waals surface area contributed by atoms with E-state index in [0.717, 1.165) is 35.9 Å². The molecule has 0 aromatic heterocycles. The van der Waals surface area contributed by atoms with Crippen LogP contribution in [0.3, 0.4) is 0 Å². The van der Waals surface area contributed by atoms with Crippen LogP contribution in [-0.2, 0) is 4.74 Å². The summed E-state index contributed by atoms with van der Waals surface area (Å²) in [5.74, 6) is 3.08. The average Bonchev–Trinajstić information content (AvgIpc) is 2.64. The molecule has 0 bridgehead atoms. The van der Waals surface area contributed by atoms with Crippen LogP contribution in [0.4, 0.5) is 0 Å². The fourth-order valence-electron chi connectivity index (χ4n) is 2.03. The minimum atomic E-state index is 0.730. The Bertz CT molecular complexity index is 646. The Morgan fingerprint density at radius 3 is 1.36 bits per heavy atom. The van der Waals surface area contributed by atoms with Crippen molar-refractivity contribution in [3.63, 3.8) is 0 Å². The van der Waals surface area contributed by atoms with Gasteiger partial charge in [-0.25, -0.2) is 0 Å². The molecule has 0 heterocycles. The second-order valence-corrected chi connectivity index (χ2v) is 5.84. The lowest BCUT2D eigenvalue weighted by molar-refractivity contribution is 0.252. The van der Waals surface area contributed by atoms with Crippen molar-refractivity contribution < 1.29 is 14.2 Å². The van der Waals surface area contributed by atoms with E-state index in [0.29, 0.717) is 0 Å². The highest BCUT2D eigenvalue weighted by Gasteiger charge is 2.03. The molecule has 132 valence electrons. The molecule has 2 rings (SSSR count). The number of ether oxygens (including phenoxy) is 3. The van der Waals surface area contributed by atoms with Crippen molar-refractivity contribution in [2.75, 3.05) is 0 Å². The van der Waals surface area contributed by atoms with Gasteiger partial charge in [-0.15, -0.1) is 0 Å². The first-order chi connectivity index (χ1) is 12.1. The Hall–Kier alpha value is -2.68. The van der Waals surface area contributed by atoms with Crippen LogP contribution in [-0.4, -0.2) is 0 Å². The zero-order chi connectivity index (χ0) is 18.1. The van der Waals surface area contributed by atoms with Crippen molar-refractivity contribution >= 4 is 0 Å². The highest BCUT2D eigenvalue weighted by atomic mass is 16.5. The normalized spacial score (nSPS) is 12.0. The molecule has 0 aliphatic carbocycles. The minimum Gasteiger partial charge on any atom is -0.461 e. The fourth-order valence-corrected chi connectivity index (χ4v) is 2.03. The molecule has 25 heavy (non-hydrogen) atoms. The largest absolute Gasteiger partial charge is 0.461 e. The van der Waals surface area contributed by atoms with Crippen LogP contribution >= 0.6 is 0 Å². The molecular weight excluding hydrogens is 312 g/mol. The molecule has 0 saturated carbocycles. The van der Waals surface area contributed by atoms with Crippen LogP contribution in [0.2, 0.25) is 0 Å². The summed E-state index contributed by atoms with van der Waals surface area (Å²) >= 11 is 0. The highest BCUT2D eigenvalue weighted by molar-refractivity contribution is 5.28. The van der Waals surface area contributed by atoms with Gasteiger partial charge in [0, 0.05) is 12.8 Å². The molecule has 0 aliphatic rings. The molecule has 0 unspecified atom stereocenters. The first kappa shape index (κ1) is 18.7. The fraction of sp³-hybridized carbons (Fsp3) is 0.273. The van der Waals surface area contributed by atoms with Crippen molar-refractivity contribution in [3.8, 4) is 11.5 Å². The quantitative estimate of drug-likeness (QED) is 0.530. The number of hydrogen-bond donors (Lipinski definition) is 0. The molecule has 0 aliphatic heterocycles. The summed E-state index contributed by atoms with van der Waals surface area (Å²) in [7, 11) is 0. The van der Waals surface area contributed by atoms with Gasteiger partial charge in [0.15, 0.2) is 0 Å². The number of benzene rings is 2. The molecule has 0 amide bonds. The maximum Gasteiger partial charge on any atom is 0.138 e. The molecule has 0 fully saturated rings. The van der Waals surface area contributed by atoms with Crippen LogP contribution in [0.25, 0.3) is 0 Å². The summed E-state index contributed by atoms with van der Waals surface area (Å²) in [6.45, 7) is 8.15. The summed E-state index contributed by atoms with van der Waals surface area (Å²) in [5.41, 5.74) is 2.40. The van der Waals surface area contributed by atoms with Crippen molar-refractivity contribution in [1.29, 1.82) is 0 Å². The summed E-state index contributed by atoms with van der Waals surface area (Å²) in [6.07, 6.45) is 4.77. The van der Waals surface area contributed by atoms with Crippen LogP contribution in [0, 0.1) is 13.8 Å². The average molecular weight is 338 g/mol. The van der Waals surface area contributed by atoms with Crippen molar-refractivity contribution in [2.24, 2.45) is 0 Å². The Kier molecular flexibility index (Phi) is 7.15. The summed E-state index contributed by atoms with van der Waals surface area (Å²) in [6, 6.07) is 15.8. The number of allylic oxidation sites excluding steroid dienone is 2. The van der Waals surface area contributed by atoms with Crippen LogP contribution in [0.1, 0.15) is 37.8 Å². The molecule has 3 heteroatoms. The summed E-state index contributed by atoms with van der Waals surface area (Å²) < 4.78 is 17.3. The molecule has 0 saturated heterocycles. The van der Waals surface area contributed by atoms with Gasteiger partial charge in [0.05, 0.1) is 0 Å². The van der Waals surface area contributed by atoms with Gasteiger partial charge in [-0.3, -0.25) is 0 Å². The maximum atomic E-state index is 5.91. The van der Waals surface area contributed by atoms with E-state index in [-0.39, 0.29) is 0 Å². The zero-order valence-corrected chi connectivity index (χ0v) is 15.4. The Balaban J connectivity index is 1.98. The second-order valence-electron chi connectivity index (χ2n) is 5.84. The molecular formula is C22H26O3. The Labute approximate surface area is 150 Å². The maximum absolute atomic E-state index is 5.91. The van der Waals surface area contributed by atoms with Crippen molar-refractivity contribution in [1.82, 2.24) is 0 Å². The third-order valence-corrected chi connectivity index (χ3v) is 3.65. The SMILES string of the molecule is CCC(=COc1ccc(C)cc1)OC(=COc1ccc(C)cc1)CC. The second kappa shape index (κ2) is 9.58. The first-order valence-corrected chi connectivity index (χ1v) is 8.63. The monoisotopic (exact) mass is 338 g/mol. The number of rotatable bonds is 8. The molecule has 0 N–H and O–H groups in total. The predicted molar refractivity (Wildman–Crippen MR) is 101 cm³/mol. The molecule has 0 atom stereocenters. The Morgan fingerprint density at radius 1 is 0.680 bits per heavy atom. The van der Waals surface area contributed by atoms with E-state index in [4.69, 9.17) is 14.2 Å². The smallest absolute Gasteiger partial charge is 0.138 e. The zero-order valence-electron chi connectivity index (χ0n) is 15.4. The molecule has 0 spiro atoms. The van der Waals surface area contributed by atoms with E-state index in [1.54, 1.807) is 12.5 Å². The van der Waals surface area contributed by atoms with E-state index in [2.05, 4.69) is 0 Å². The summed E-state index contributed by atoms with van der Waals surface area (Å²) in [4.78, 5) is 0. The lowest BCUT2D eigenvalue weighted by atomic mass is 10.2. The van der Waals surface area contributed by atoms with Gasteiger partial charge < -0.3 is 14.2 Å². The van der Waals surface area contributed by atoms with Gasteiger partial charge in [-0.1, -0.05) is 49.2 Å². The third kappa shape index (κ3) is 6.38. The third-order valence-electron chi connectivity index (χ3n) is 3.65. The molecule has 2 aromatic carbocycles. The van der Waals surface area contributed by atoms with E-state index >= 15 is 0 Å². The van der Waals surface area contributed by atoms with Gasteiger partial charge in [0.1, 0.15) is 35.5 Å². The first-order valence-electron chi connectivity index (χ1n) is 8.63. The van der Waals surface area contributed by atoms with Gasteiger partial charge >= 0.3 is 0 Å². The van der Waals surface area contributed by atoms with Crippen LogP contribution < -0.4 is 9.47 Å². The molecule has 0 radical (unpaired) electrons. The molecule has 3 nitrogen and oxygen atoms in total. The van der Waals surface area contributed by atoms with E-state index < -0.39 is 0 Å². The van der Waals surface area contributed by atoms with Crippen LogP contribution in [0.5, 0.6) is 11.5 Å². The minimum absolute atomic E-state index is 0.730. The number of aryl methyl sites for hydroxylation is 2. The predicted octanol–water partition coefficient (Wildman–Crippen LogP) is 6.28. The van der Waals surface area contributed by atoms with Gasteiger partial charge in [0.25, 0.3) is 0 Å². The molecule has 2 aromatic rings. The Morgan fingerprint density at radius 2 is 1.04 bits per heavy atom.